The Morgan fingerprint density at radius 3 is 2.93 bits per heavy atom. The largest absolute Gasteiger partial charge is 0.416 e. The molecule has 1 aromatic rings. The molecule has 2 N–H and O–H groups in total. The predicted octanol–water partition coefficient (Wildman–Crippen LogP) is -0.140. The van der Waals surface area contributed by atoms with Crippen molar-refractivity contribution in [3.8, 4) is 0 Å². The summed E-state index contributed by atoms with van der Waals surface area (Å²) in [6, 6.07) is 0.320. The van der Waals surface area contributed by atoms with Crippen molar-refractivity contribution in [3.63, 3.8) is 0 Å². The smallest absolute Gasteiger partial charge is 0.411 e. The fraction of sp³-hybridized carbons (Fsp3) is 0.700. The van der Waals surface area contributed by atoms with Crippen molar-refractivity contribution in [2.24, 2.45) is 0 Å². The van der Waals surface area contributed by atoms with Crippen LogP contribution in [0.2, 0.25) is 0 Å². The summed E-state index contributed by atoms with van der Waals surface area (Å²) in [5.41, 5.74) is 1.00. The van der Waals surface area contributed by atoms with E-state index < -0.39 is 0 Å². The fourth-order valence-electron chi connectivity index (χ4n) is 2.58. The van der Waals surface area contributed by atoms with E-state index in [-0.39, 0.29) is 5.76 Å². The highest BCUT2D eigenvalue weighted by Crippen LogP contribution is 2.33. The second kappa shape index (κ2) is 3.50. The fourth-order valence-corrected chi connectivity index (χ4v) is 2.58. The zero-order valence-electron chi connectivity index (χ0n) is 8.58. The minimum absolute atomic E-state index is 0.306. The SMILES string of the molecule is O=c1[nH]c2c(o1)C(N1CCNCC1)CC2. The third-order valence-corrected chi connectivity index (χ3v) is 3.32. The standard InChI is InChI=1S/C10H15N3O2/c14-10-12-7-1-2-8(9(7)15-10)13-5-3-11-4-6-13/h8,11H,1-6H2,(H,12,14). The molecule has 1 atom stereocenters. The van der Waals surface area contributed by atoms with Crippen molar-refractivity contribution in [3.05, 3.63) is 22.0 Å². The third-order valence-electron chi connectivity index (χ3n) is 3.32. The van der Waals surface area contributed by atoms with E-state index in [9.17, 15) is 4.79 Å². The zero-order valence-corrected chi connectivity index (χ0v) is 8.58. The molecule has 0 spiro atoms. The first kappa shape index (κ1) is 9.18. The Balaban J connectivity index is 1.85. The van der Waals surface area contributed by atoms with E-state index in [1.54, 1.807) is 0 Å². The molecule has 1 aliphatic heterocycles. The molecule has 0 radical (unpaired) electrons. The molecule has 5 heteroatoms. The van der Waals surface area contributed by atoms with Crippen LogP contribution < -0.4 is 11.1 Å². The molecule has 1 aromatic heterocycles. The maximum Gasteiger partial charge on any atom is 0.416 e. The van der Waals surface area contributed by atoms with E-state index in [1.807, 2.05) is 0 Å². The number of hydrogen-bond acceptors (Lipinski definition) is 4. The van der Waals surface area contributed by atoms with Crippen LogP contribution in [0.5, 0.6) is 0 Å². The van der Waals surface area contributed by atoms with Gasteiger partial charge in [0.2, 0.25) is 0 Å². The van der Waals surface area contributed by atoms with Gasteiger partial charge in [-0.25, -0.2) is 4.79 Å². The van der Waals surface area contributed by atoms with Gasteiger partial charge in [-0.1, -0.05) is 0 Å². The van der Waals surface area contributed by atoms with Crippen molar-refractivity contribution in [1.29, 1.82) is 0 Å². The molecule has 1 saturated heterocycles. The second-order valence-corrected chi connectivity index (χ2v) is 4.20. The van der Waals surface area contributed by atoms with Gasteiger partial charge in [-0.05, 0) is 12.8 Å². The highest BCUT2D eigenvalue weighted by molar-refractivity contribution is 5.19. The average Bonchev–Trinajstić information content (AvgIpc) is 2.77. The van der Waals surface area contributed by atoms with E-state index in [1.165, 1.54) is 0 Å². The van der Waals surface area contributed by atoms with Crippen LogP contribution in [0, 0.1) is 0 Å². The van der Waals surface area contributed by atoms with Crippen molar-refractivity contribution in [2.75, 3.05) is 26.2 Å². The van der Waals surface area contributed by atoms with Gasteiger partial charge in [-0.15, -0.1) is 0 Å². The van der Waals surface area contributed by atoms with Crippen molar-refractivity contribution in [2.45, 2.75) is 18.9 Å². The van der Waals surface area contributed by atoms with Crippen LogP contribution in [-0.4, -0.2) is 36.1 Å². The number of hydrogen-bond donors (Lipinski definition) is 2. The van der Waals surface area contributed by atoms with E-state index >= 15 is 0 Å². The zero-order chi connectivity index (χ0) is 10.3. The lowest BCUT2D eigenvalue weighted by molar-refractivity contribution is 0.154. The highest BCUT2D eigenvalue weighted by Gasteiger charge is 2.32. The van der Waals surface area contributed by atoms with Crippen LogP contribution in [0.25, 0.3) is 0 Å². The summed E-state index contributed by atoms with van der Waals surface area (Å²) in [5, 5.41) is 3.33. The lowest BCUT2D eigenvalue weighted by atomic mass is 10.2. The van der Waals surface area contributed by atoms with Gasteiger partial charge in [0.1, 0.15) is 5.76 Å². The van der Waals surface area contributed by atoms with Gasteiger partial charge in [0, 0.05) is 26.2 Å². The minimum atomic E-state index is -0.306. The van der Waals surface area contributed by atoms with Gasteiger partial charge in [-0.2, -0.15) is 0 Å². The van der Waals surface area contributed by atoms with Crippen molar-refractivity contribution < 1.29 is 4.42 Å². The van der Waals surface area contributed by atoms with E-state index in [2.05, 4.69) is 15.2 Å². The monoisotopic (exact) mass is 209 g/mol. The third kappa shape index (κ3) is 1.52. The Bertz CT molecular complexity index is 403. The first-order valence-corrected chi connectivity index (χ1v) is 5.51. The Morgan fingerprint density at radius 1 is 1.33 bits per heavy atom. The summed E-state index contributed by atoms with van der Waals surface area (Å²) in [5.74, 6) is 0.571. The highest BCUT2D eigenvalue weighted by atomic mass is 16.4. The summed E-state index contributed by atoms with van der Waals surface area (Å²) in [6.07, 6.45) is 2.01. The number of aryl methyl sites for hydroxylation is 1. The van der Waals surface area contributed by atoms with Crippen molar-refractivity contribution >= 4 is 0 Å². The van der Waals surface area contributed by atoms with Crippen LogP contribution in [0.3, 0.4) is 0 Å². The number of aromatic amines is 1. The summed E-state index contributed by atoms with van der Waals surface area (Å²) in [4.78, 5) is 16.2. The van der Waals surface area contributed by atoms with Crippen LogP contribution in [0.1, 0.15) is 23.9 Å². The van der Waals surface area contributed by atoms with Gasteiger partial charge >= 0.3 is 5.76 Å². The number of nitrogens with one attached hydrogen (secondary N) is 2. The number of piperazine rings is 1. The van der Waals surface area contributed by atoms with Crippen LogP contribution in [0.4, 0.5) is 0 Å². The maximum absolute atomic E-state index is 11.1. The lowest BCUT2D eigenvalue weighted by Crippen LogP contribution is -2.44. The van der Waals surface area contributed by atoms with Gasteiger partial charge in [0.05, 0.1) is 11.7 Å². The van der Waals surface area contributed by atoms with E-state index in [0.29, 0.717) is 6.04 Å². The molecule has 0 aromatic carbocycles. The molecule has 0 bridgehead atoms. The Kier molecular flexibility index (Phi) is 2.14. The average molecular weight is 209 g/mol. The molecule has 0 saturated carbocycles. The number of fused-ring (bicyclic) bond motifs is 1. The maximum atomic E-state index is 11.1. The first-order chi connectivity index (χ1) is 7.34. The minimum Gasteiger partial charge on any atom is -0.411 e. The number of nitrogens with zero attached hydrogens (tertiary/aromatic N) is 1. The molecule has 5 nitrogen and oxygen atoms in total. The van der Waals surface area contributed by atoms with Gasteiger partial charge in [0.15, 0.2) is 0 Å². The Hall–Kier alpha value is -1.07. The van der Waals surface area contributed by atoms with E-state index in [4.69, 9.17) is 4.42 Å². The van der Waals surface area contributed by atoms with E-state index in [0.717, 1.165) is 50.5 Å². The topological polar surface area (TPSA) is 61.3 Å². The molecule has 1 fully saturated rings. The second-order valence-electron chi connectivity index (χ2n) is 4.20. The van der Waals surface area contributed by atoms with Gasteiger partial charge < -0.3 is 9.73 Å². The number of H-pyrrole nitrogens is 1. The molecular formula is C10H15N3O2. The van der Waals surface area contributed by atoms with Crippen LogP contribution >= 0.6 is 0 Å². The Labute approximate surface area is 87.5 Å². The first-order valence-electron chi connectivity index (χ1n) is 5.51. The number of rotatable bonds is 1. The summed E-state index contributed by atoms with van der Waals surface area (Å²) in [7, 11) is 0. The molecule has 1 unspecified atom stereocenters. The molecule has 1 aliphatic carbocycles. The Morgan fingerprint density at radius 2 is 2.13 bits per heavy atom. The summed E-state index contributed by atoms with van der Waals surface area (Å²) < 4.78 is 5.22. The van der Waals surface area contributed by atoms with Crippen LogP contribution in [0.15, 0.2) is 9.21 Å². The molecule has 3 rings (SSSR count). The molecule has 15 heavy (non-hydrogen) atoms. The van der Waals surface area contributed by atoms with Gasteiger partial charge in [-0.3, -0.25) is 9.88 Å². The molecule has 0 amide bonds. The molecule has 82 valence electrons. The van der Waals surface area contributed by atoms with Gasteiger partial charge in [0.25, 0.3) is 0 Å². The lowest BCUT2D eigenvalue weighted by Gasteiger charge is -2.31. The van der Waals surface area contributed by atoms with Crippen LogP contribution in [-0.2, 0) is 6.42 Å². The summed E-state index contributed by atoms with van der Waals surface area (Å²) in [6.45, 7) is 4.14. The quantitative estimate of drug-likeness (QED) is 0.676. The molecule has 2 heterocycles. The number of aromatic nitrogens is 1. The molecule has 2 aliphatic rings. The molecular weight excluding hydrogens is 194 g/mol. The summed E-state index contributed by atoms with van der Waals surface area (Å²) >= 11 is 0. The van der Waals surface area contributed by atoms with Crippen molar-refractivity contribution in [1.82, 2.24) is 15.2 Å². The number of oxazole rings is 1. The normalized spacial score (nSPS) is 26.8. The predicted molar refractivity (Wildman–Crippen MR) is 54.8 cm³/mol.